The van der Waals surface area contributed by atoms with Crippen molar-refractivity contribution in [2.24, 2.45) is 22.4 Å². The lowest BCUT2D eigenvalue weighted by molar-refractivity contribution is -0.146. The number of hydrogen-bond acceptors (Lipinski definition) is 8. The summed E-state index contributed by atoms with van der Waals surface area (Å²) in [5.41, 5.74) is 8.07. The van der Waals surface area contributed by atoms with Crippen molar-refractivity contribution in [3.05, 3.63) is 10.4 Å². The van der Waals surface area contributed by atoms with Crippen molar-refractivity contribution in [2.75, 3.05) is 46.1 Å². The van der Waals surface area contributed by atoms with Crippen molar-refractivity contribution in [2.45, 2.75) is 73.3 Å². The highest BCUT2D eigenvalue weighted by Crippen LogP contribution is 2.14. The molecule has 2 amide bonds. The summed E-state index contributed by atoms with van der Waals surface area (Å²) in [6.07, 6.45) is 0.735. The summed E-state index contributed by atoms with van der Waals surface area (Å²) in [5.74, 6) is -1.82. The van der Waals surface area contributed by atoms with Gasteiger partial charge < -0.3 is 24.8 Å². The van der Waals surface area contributed by atoms with Gasteiger partial charge in [0, 0.05) is 43.2 Å². The van der Waals surface area contributed by atoms with E-state index in [9.17, 15) is 19.2 Å². The monoisotopic (exact) mass is 527 g/mol. The molecule has 12 heteroatoms. The molecule has 0 aliphatic rings. The number of rotatable bonds is 20. The molecule has 2 N–H and O–H groups in total. The van der Waals surface area contributed by atoms with Gasteiger partial charge in [0.2, 0.25) is 11.8 Å². The van der Waals surface area contributed by atoms with E-state index in [-0.39, 0.29) is 67.3 Å². The van der Waals surface area contributed by atoms with Crippen LogP contribution in [0.1, 0.15) is 67.2 Å². The molecule has 37 heavy (non-hydrogen) atoms. The molecule has 0 heterocycles. The van der Waals surface area contributed by atoms with Crippen molar-refractivity contribution in [1.29, 1.82) is 0 Å². The third-order valence-electron chi connectivity index (χ3n) is 5.05. The zero-order valence-corrected chi connectivity index (χ0v) is 23.2. The van der Waals surface area contributed by atoms with Gasteiger partial charge in [0.05, 0.1) is 39.1 Å². The number of esters is 1. The molecule has 0 saturated carbocycles. The molecular weight excluding hydrogens is 482 g/mol. The fraction of sp³-hybridized carbons (Fsp3) is 0.840. The highest BCUT2D eigenvalue weighted by Gasteiger charge is 2.27. The summed E-state index contributed by atoms with van der Waals surface area (Å²) in [5, 5.41) is 8.84. The SMILES string of the molecule is CC(C)[C@H](NC(=O)CCOCCOCCN=[N+]=[N-])C(=O)C[C@@H](C)C(=O)NCCCC(=O)OCC(C)(C)C. The highest BCUT2D eigenvalue weighted by molar-refractivity contribution is 5.92. The van der Waals surface area contributed by atoms with Crippen LogP contribution in [0.25, 0.3) is 10.4 Å². The molecule has 0 rings (SSSR count). The lowest BCUT2D eigenvalue weighted by atomic mass is 9.92. The number of nitrogens with one attached hydrogen (secondary N) is 2. The van der Waals surface area contributed by atoms with Crippen molar-refractivity contribution < 1.29 is 33.4 Å². The number of amides is 2. The smallest absolute Gasteiger partial charge is 0.305 e. The van der Waals surface area contributed by atoms with E-state index in [1.165, 1.54) is 0 Å². The fourth-order valence-corrected chi connectivity index (χ4v) is 3.01. The second kappa shape index (κ2) is 19.4. The molecule has 0 fully saturated rings. The van der Waals surface area contributed by atoms with Crippen LogP contribution in [0.15, 0.2) is 5.11 Å². The second-order valence-electron chi connectivity index (χ2n) is 10.4. The molecule has 0 aliphatic carbocycles. The molecule has 0 spiro atoms. The van der Waals surface area contributed by atoms with Crippen LogP contribution >= 0.6 is 0 Å². The predicted octanol–water partition coefficient (Wildman–Crippen LogP) is 2.94. The van der Waals surface area contributed by atoms with Gasteiger partial charge in [0.1, 0.15) is 0 Å². The van der Waals surface area contributed by atoms with E-state index in [4.69, 9.17) is 19.7 Å². The number of Topliss-reactive ketones (excluding diaryl/α,β-unsaturated/α-hetero) is 1. The molecule has 212 valence electrons. The molecule has 0 unspecified atom stereocenters. The normalized spacial score (nSPS) is 12.8. The summed E-state index contributed by atoms with van der Waals surface area (Å²) in [6.45, 7) is 13.2. The fourth-order valence-electron chi connectivity index (χ4n) is 3.01. The first-order chi connectivity index (χ1) is 17.4. The van der Waals surface area contributed by atoms with E-state index in [1.54, 1.807) is 6.92 Å². The maximum absolute atomic E-state index is 12.8. The Morgan fingerprint density at radius 1 is 0.973 bits per heavy atom. The average molecular weight is 528 g/mol. The Morgan fingerprint density at radius 3 is 2.22 bits per heavy atom. The van der Waals surface area contributed by atoms with E-state index in [1.807, 2.05) is 34.6 Å². The number of nitrogens with zero attached hydrogens (tertiary/aromatic N) is 3. The maximum atomic E-state index is 12.8. The molecule has 0 bridgehead atoms. The lowest BCUT2D eigenvalue weighted by Crippen LogP contribution is -2.46. The molecule has 0 radical (unpaired) electrons. The van der Waals surface area contributed by atoms with Crippen LogP contribution in [0, 0.1) is 17.3 Å². The van der Waals surface area contributed by atoms with Crippen LogP contribution < -0.4 is 10.6 Å². The van der Waals surface area contributed by atoms with E-state index in [0.717, 1.165) is 0 Å². The Labute approximate surface area is 220 Å². The van der Waals surface area contributed by atoms with Gasteiger partial charge in [-0.3, -0.25) is 19.2 Å². The Kier molecular flexibility index (Phi) is 18.0. The van der Waals surface area contributed by atoms with E-state index < -0.39 is 12.0 Å². The number of azide groups is 1. The van der Waals surface area contributed by atoms with Gasteiger partial charge in [0.25, 0.3) is 0 Å². The summed E-state index contributed by atoms with van der Waals surface area (Å²) in [4.78, 5) is 51.8. The quantitative estimate of drug-likeness (QED) is 0.0806. The number of carbonyl (C=O) groups is 4. The van der Waals surface area contributed by atoms with Crippen LogP contribution in [0.4, 0.5) is 0 Å². The van der Waals surface area contributed by atoms with Crippen LogP contribution in [0.2, 0.25) is 0 Å². The summed E-state index contributed by atoms with van der Waals surface area (Å²) in [7, 11) is 0. The minimum Gasteiger partial charge on any atom is -0.465 e. The van der Waals surface area contributed by atoms with Gasteiger partial charge in [-0.05, 0) is 23.3 Å². The lowest BCUT2D eigenvalue weighted by Gasteiger charge is -2.22. The van der Waals surface area contributed by atoms with Gasteiger partial charge in [-0.2, -0.15) is 0 Å². The summed E-state index contributed by atoms with van der Waals surface area (Å²) >= 11 is 0. The molecule has 2 atom stereocenters. The summed E-state index contributed by atoms with van der Waals surface area (Å²) in [6, 6.07) is -0.704. The van der Waals surface area contributed by atoms with Gasteiger partial charge in [0.15, 0.2) is 5.78 Å². The van der Waals surface area contributed by atoms with Crippen molar-refractivity contribution >= 4 is 23.6 Å². The first kappa shape index (κ1) is 34.3. The van der Waals surface area contributed by atoms with Crippen molar-refractivity contribution in [3.8, 4) is 0 Å². The Morgan fingerprint density at radius 2 is 1.62 bits per heavy atom. The van der Waals surface area contributed by atoms with Crippen molar-refractivity contribution in [3.63, 3.8) is 0 Å². The van der Waals surface area contributed by atoms with E-state index in [2.05, 4.69) is 20.7 Å². The van der Waals surface area contributed by atoms with Gasteiger partial charge in [-0.15, -0.1) is 0 Å². The minimum absolute atomic E-state index is 0.00767. The zero-order valence-electron chi connectivity index (χ0n) is 23.2. The number of carbonyl (C=O) groups excluding carboxylic acids is 4. The third-order valence-corrected chi connectivity index (χ3v) is 5.05. The van der Waals surface area contributed by atoms with E-state index >= 15 is 0 Å². The standard InChI is InChI=1S/C25H45N5O7/c1-18(2)23(29-21(32)9-12-35-14-15-36-13-11-28-30-26)20(31)16-19(3)24(34)27-10-7-8-22(33)37-17-25(4,5)6/h18-19,23H,7-17H2,1-6H3,(H,27,34)(H,29,32)/t19-,23+/m1/s1. The largest absolute Gasteiger partial charge is 0.465 e. The van der Waals surface area contributed by atoms with Gasteiger partial charge >= 0.3 is 5.97 Å². The third kappa shape index (κ3) is 19.1. The van der Waals surface area contributed by atoms with E-state index in [0.29, 0.717) is 39.4 Å². The predicted molar refractivity (Wildman–Crippen MR) is 138 cm³/mol. The average Bonchev–Trinajstić information content (AvgIpc) is 2.81. The summed E-state index contributed by atoms with van der Waals surface area (Å²) < 4.78 is 15.7. The molecule has 0 aromatic carbocycles. The van der Waals surface area contributed by atoms with Crippen LogP contribution in [0.3, 0.4) is 0 Å². The van der Waals surface area contributed by atoms with Crippen molar-refractivity contribution in [1.82, 2.24) is 10.6 Å². The molecule has 12 nitrogen and oxygen atoms in total. The highest BCUT2D eigenvalue weighted by atomic mass is 16.5. The second-order valence-corrected chi connectivity index (χ2v) is 10.4. The maximum Gasteiger partial charge on any atom is 0.305 e. The topological polar surface area (TPSA) is 169 Å². The molecule has 0 aromatic heterocycles. The van der Waals surface area contributed by atoms with Gasteiger partial charge in [-0.1, -0.05) is 46.7 Å². The van der Waals surface area contributed by atoms with Gasteiger partial charge in [-0.25, -0.2) is 0 Å². The Bertz CT molecular complexity index is 761. The number of ether oxygens (including phenoxy) is 3. The zero-order chi connectivity index (χ0) is 28.3. The van der Waals surface area contributed by atoms with Crippen LogP contribution in [-0.4, -0.2) is 75.7 Å². The first-order valence-electron chi connectivity index (χ1n) is 12.8. The molecule has 0 saturated heterocycles. The van der Waals surface area contributed by atoms with Crippen LogP contribution in [-0.2, 0) is 33.4 Å². The molecule has 0 aliphatic heterocycles. The number of hydrogen-bond donors (Lipinski definition) is 2. The number of ketones is 1. The molecule has 0 aromatic rings. The Hall–Kier alpha value is -2.69. The molecular formula is C25H45N5O7. The first-order valence-corrected chi connectivity index (χ1v) is 12.8. The van der Waals surface area contributed by atoms with Crippen LogP contribution in [0.5, 0.6) is 0 Å². The Balaban J connectivity index is 4.27. The minimum atomic E-state index is -0.704.